The van der Waals surface area contributed by atoms with Crippen LogP contribution in [0.3, 0.4) is 0 Å². The molecule has 26 heavy (non-hydrogen) atoms. The summed E-state index contributed by atoms with van der Waals surface area (Å²) in [7, 11) is 0.676. The van der Waals surface area contributed by atoms with Crippen LogP contribution in [0, 0.1) is 0 Å². The lowest BCUT2D eigenvalue weighted by molar-refractivity contribution is -0.753. The van der Waals surface area contributed by atoms with E-state index >= 15 is 0 Å². The van der Waals surface area contributed by atoms with Gasteiger partial charge in [-0.3, -0.25) is 9.59 Å². The van der Waals surface area contributed by atoms with E-state index in [0.717, 1.165) is 25.9 Å². The van der Waals surface area contributed by atoms with Crippen molar-refractivity contribution in [3.05, 3.63) is 24.0 Å². The number of halogens is 3. The zero-order valence-corrected chi connectivity index (χ0v) is 14.0. The second-order valence-electron chi connectivity index (χ2n) is 5.31. The molecule has 144 valence electrons. The van der Waals surface area contributed by atoms with Crippen LogP contribution < -0.4 is 4.68 Å². The second-order valence-corrected chi connectivity index (χ2v) is 5.31. The fraction of sp³-hybridized carbons (Fsp3) is 0.533. The van der Waals surface area contributed by atoms with Gasteiger partial charge in [-0.1, -0.05) is 4.68 Å². The van der Waals surface area contributed by atoms with Crippen LogP contribution in [-0.4, -0.2) is 59.3 Å². The number of ether oxygens (including phenoxy) is 1. The predicted octanol–water partition coefficient (Wildman–Crippen LogP) is 0.801. The van der Waals surface area contributed by atoms with Crippen molar-refractivity contribution in [1.82, 2.24) is 10.00 Å². The van der Waals surface area contributed by atoms with Crippen molar-refractivity contribution < 1.29 is 42.1 Å². The van der Waals surface area contributed by atoms with Gasteiger partial charge in [-0.15, -0.1) is 0 Å². The van der Waals surface area contributed by atoms with E-state index in [-0.39, 0.29) is 12.3 Å². The number of carboxylic acid groups (broad SMARTS) is 1. The first-order valence-corrected chi connectivity index (χ1v) is 7.67. The number of aryl methyl sites for hydroxylation is 1. The number of aliphatic carboxylic acids is 1. The van der Waals surface area contributed by atoms with Crippen molar-refractivity contribution in [2.45, 2.75) is 32.0 Å². The average molecular weight is 378 g/mol. The van der Waals surface area contributed by atoms with Crippen molar-refractivity contribution in [3.8, 4) is 0 Å². The summed E-state index contributed by atoms with van der Waals surface area (Å²) in [6.45, 7) is 1.94. The number of rotatable bonds is 4. The molecule has 1 N–H and O–H groups in total. The zero-order valence-electron chi connectivity index (χ0n) is 14.0. The van der Waals surface area contributed by atoms with Gasteiger partial charge in [0.2, 0.25) is 0 Å². The van der Waals surface area contributed by atoms with E-state index in [1.54, 1.807) is 12.3 Å². The number of aromatic nitrogens is 2. The summed E-state index contributed by atoms with van der Waals surface area (Å²) in [5.74, 6) is -3.02. The number of carbonyl (C=O) groups excluding carboxylic acids is 2. The van der Waals surface area contributed by atoms with Crippen molar-refractivity contribution in [2.24, 2.45) is 0 Å². The number of carbonyl (C=O) groups is 3. The predicted molar refractivity (Wildman–Crippen MR) is 79.9 cm³/mol. The van der Waals surface area contributed by atoms with Crippen molar-refractivity contribution in [3.63, 3.8) is 0 Å². The molecule has 0 aliphatic carbocycles. The van der Waals surface area contributed by atoms with E-state index < -0.39 is 18.1 Å². The Hall–Kier alpha value is -2.72. The van der Waals surface area contributed by atoms with Gasteiger partial charge >= 0.3 is 18.1 Å². The Morgan fingerprint density at radius 3 is 2.31 bits per heavy atom. The summed E-state index contributed by atoms with van der Waals surface area (Å²) in [5.41, 5.74) is 0.559. The van der Waals surface area contributed by atoms with Crippen molar-refractivity contribution in [2.75, 3.05) is 20.2 Å². The van der Waals surface area contributed by atoms with Crippen LogP contribution in [-0.2, 0) is 20.9 Å². The lowest BCUT2D eigenvalue weighted by Gasteiger charge is -2.13. The third-order valence-corrected chi connectivity index (χ3v) is 3.38. The second kappa shape index (κ2) is 9.68. The molecule has 0 saturated carbocycles. The summed E-state index contributed by atoms with van der Waals surface area (Å²) < 4.78 is 37.8. The van der Waals surface area contributed by atoms with E-state index in [1.807, 2.05) is 4.90 Å². The third-order valence-electron chi connectivity index (χ3n) is 3.38. The van der Waals surface area contributed by atoms with Crippen LogP contribution in [0.5, 0.6) is 0 Å². The Bertz CT molecular complexity index is 628. The molecule has 1 aromatic heterocycles. The molecule has 2 rings (SSSR count). The molecule has 1 aliphatic rings. The number of nitrogens with zero attached hydrogens (tertiary/aromatic N) is 3. The number of methoxy groups -OCH3 is 1. The van der Waals surface area contributed by atoms with Crippen LogP contribution in [0.2, 0.25) is 0 Å². The Labute approximate surface area is 147 Å². The standard InChI is InChI=1S/C12H15N3O3.C3H3F3O2/c16-11(17)4-8-15-7-3-10(9-13-15)12(18)14-5-1-2-6-14;1-8-2(7)3(4,5)6/h3,7,9H,1-2,4-6,8H2;1H3/p+1. The van der Waals surface area contributed by atoms with Crippen molar-refractivity contribution >= 4 is 17.8 Å². The summed E-state index contributed by atoms with van der Waals surface area (Å²) in [5, 5.41) is 12.6. The molecule has 1 fully saturated rings. The average Bonchev–Trinajstić information content (AvgIpc) is 3.13. The molecule has 0 radical (unpaired) electrons. The summed E-state index contributed by atoms with van der Waals surface area (Å²) >= 11 is 0. The number of hydrogen-bond acceptors (Lipinski definition) is 5. The highest BCUT2D eigenvalue weighted by atomic mass is 19.4. The minimum Gasteiger partial charge on any atom is -0.481 e. The Balaban J connectivity index is 0.000000359. The van der Waals surface area contributed by atoms with E-state index in [0.29, 0.717) is 19.2 Å². The van der Waals surface area contributed by atoms with Crippen LogP contribution in [0.4, 0.5) is 13.2 Å². The molecule has 1 aromatic rings. The Kier molecular flexibility index (Phi) is 7.94. The number of likely N-dealkylation sites (tertiary alicyclic amines) is 1. The molecule has 2 heterocycles. The lowest BCUT2D eigenvalue weighted by Crippen LogP contribution is -2.39. The molecule has 0 atom stereocenters. The van der Waals surface area contributed by atoms with Gasteiger partial charge in [-0.2, -0.15) is 13.2 Å². The normalized spacial score (nSPS) is 13.6. The fourth-order valence-electron chi connectivity index (χ4n) is 2.07. The largest absolute Gasteiger partial charge is 0.490 e. The van der Waals surface area contributed by atoms with Gasteiger partial charge in [-0.05, 0) is 17.9 Å². The first-order valence-electron chi connectivity index (χ1n) is 7.67. The fourth-order valence-corrected chi connectivity index (χ4v) is 2.07. The van der Waals surface area contributed by atoms with Gasteiger partial charge in [0.1, 0.15) is 12.6 Å². The van der Waals surface area contributed by atoms with Gasteiger partial charge in [0.15, 0.2) is 12.7 Å². The van der Waals surface area contributed by atoms with Gasteiger partial charge in [-0.25, -0.2) is 4.79 Å². The highest BCUT2D eigenvalue weighted by Crippen LogP contribution is 2.15. The highest BCUT2D eigenvalue weighted by Gasteiger charge is 2.40. The highest BCUT2D eigenvalue weighted by molar-refractivity contribution is 5.93. The molecule has 8 nitrogen and oxygen atoms in total. The maximum absolute atomic E-state index is 12.0. The van der Waals surface area contributed by atoms with Crippen molar-refractivity contribution in [1.29, 1.82) is 0 Å². The van der Waals surface area contributed by atoms with Gasteiger partial charge < -0.3 is 14.7 Å². The van der Waals surface area contributed by atoms with Crippen LogP contribution >= 0.6 is 0 Å². The Morgan fingerprint density at radius 1 is 1.31 bits per heavy atom. The summed E-state index contributed by atoms with van der Waals surface area (Å²) in [4.78, 5) is 33.7. The maximum Gasteiger partial charge on any atom is 0.490 e. The molecule has 11 heteroatoms. The van der Waals surface area contributed by atoms with E-state index in [9.17, 15) is 27.6 Å². The quantitative estimate of drug-likeness (QED) is 0.615. The molecule has 1 saturated heterocycles. The van der Waals surface area contributed by atoms with E-state index in [4.69, 9.17) is 5.11 Å². The summed E-state index contributed by atoms with van der Waals surface area (Å²) in [6.07, 6.45) is 0.440. The smallest absolute Gasteiger partial charge is 0.481 e. The van der Waals surface area contributed by atoms with Gasteiger partial charge in [0, 0.05) is 19.2 Å². The summed E-state index contributed by atoms with van der Waals surface area (Å²) in [6, 6.07) is 1.69. The molecule has 0 spiro atoms. The number of amides is 1. The number of alkyl halides is 3. The number of hydrogen-bond donors (Lipinski definition) is 1. The molecule has 0 unspecified atom stereocenters. The molecular formula is C15H19F3N3O5+. The molecule has 1 amide bonds. The minimum absolute atomic E-state index is 0.00499. The van der Waals surface area contributed by atoms with Crippen LogP contribution in [0.15, 0.2) is 18.5 Å². The topological polar surface area (TPSA) is 101 Å². The molecule has 0 aromatic carbocycles. The van der Waals surface area contributed by atoms with Gasteiger partial charge in [0.25, 0.3) is 5.91 Å². The zero-order chi connectivity index (χ0) is 19.7. The molecular weight excluding hydrogens is 359 g/mol. The third kappa shape index (κ3) is 7.03. The maximum atomic E-state index is 12.0. The van der Waals surface area contributed by atoms with Gasteiger partial charge in [0.05, 0.1) is 12.7 Å². The van der Waals surface area contributed by atoms with E-state index in [1.165, 1.54) is 10.9 Å². The van der Waals surface area contributed by atoms with E-state index in [2.05, 4.69) is 9.84 Å². The molecule has 1 aliphatic heterocycles. The lowest BCUT2D eigenvalue weighted by atomic mass is 10.3. The first-order chi connectivity index (χ1) is 12.1. The minimum atomic E-state index is -4.85. The Morgan fingerprint density at radius 2 is 1.92 bits per heavy atom. The van der Waals surface area contributed by atoms with Crippen LogP contribution in [0.1, 0.15) is 29.6 Å². The number of carboxylic acids is 1. The number of esters is 1. The monoisotopic (exact) mass is 378 g/mol. The molecule has 0 bridgehead atoms. The first kappa shape index (κ1) is 21.3. The van der Waals surface area contributed by atoms with Crippen LogP contribution in [0.25, 0.3) is 0 Å². The SMILES string of the molecule is COC(=O)C(F)(F)F.O=C(O)CC[n+]1ccc(C(=O)N2CCCC2)cn1.